The summed E-state index contributed by atoms with van der Waals surface area (Å²) in [6, 6.07) is 0. The van der Waals surface area contributed by atoms with Gasteiger partial charge in [0.15, 0.2) is 5.13 Å². The SMILES string of the molecule is CC/C=C(\C=C/CC=O)c1sc(NC)nc1C. The van der Waals surface area contributed by atoms with Crippen molar-refractivity contribution in [2.24, 2.45) is 0 Å². The number of aromatic nitrogens is 1. The van der Waals surface area contributed by atoms with E-state index in [1.165, 1.54) is 4.88 Å². The first-order valence-electron chi connectivity index (χ1n) is 5.68. The van der Waals surface area contributed by atoms with Gasteiger partial charge in [-0.3, -0.25) is 0 Å². The highest BCUT2D eigenvalue weighted by atomic mass is 32.1. The molecule has 0 saturated heterocycles. The second-order valence-electron chi connectivity index (χ2n) is 3.56. The Morgan fingerprint density at radius 2 is 2.29 bits per heavy atom. The Morgan fingerprint density at radius 3 is 2.82 bits per heavy atom. The summed E-state index contributed by atoms with van der Waals surface area (Å²) in [5.41, 5.74) is 2.17. The number of nitrogens with one attached hydrogen (secondary N) is 1. The van der Waals surface area contributed by atoms with Crippen molar-refractivity contribution >= 4 is 28.3 Å². The highest BCUT2D eigenvalue weighted by Gasteiger charge is 2.08. The first kappa shape index (κ1) is 13.6. The number of carbonyl (C=O) groups excluding carboxylic acids is 1. The number of hydrogen-bond acceptors (Lipinski definition) is 4. The maximum absolute atomic E-state index is 10.3. The molecule has 0 aliphatic rings. The van der Waals surface area contributed by atoms with E-state index in [4.69, 9.17) is 0 Å². The van der Waals surface area contributed by atoms with Gasteiger partial charge in [0.2, 0.25) is 0 Å². The minimum Gasteiger partial charge on any atom is -0.365 e. The Bertz CT molecular complexity index is 433. The van der Waals surface area contributed by atoms with Gasteiger partial charge in [-0.2, -0.15) is 0 Å². The van der Waals surface area contributed by atoms with Crippen LogP contribution in [0.5, 0.6) is 0 Å². The van der Waals surface area contributed by atoms with Gasteiger partial charge in [0.25, 0.3) is 0 Å². The molecule has 0 atom stereocenters. The number of allylic oxidation sites excluding steroid dienone is 4. The Labute approximate surface area is 106 Å². The third kappa shape index (κ3) is 3.82. The lowest BCUT2D eigenvalue weighted by molar-refractivity contribution is -0.107. The molecule has 0 aliphatic carbocycles. The topological polar surface area (TPSA) is 42.0 Å². The zero-order valence-corrected chi connectivity index (χ0v) is 11.3. The van der Waals surface area contributed by atoms with Crippen LogP contribution in [0.15, 0.2) is 18.2 Å². The summed E-state index contributed by atoms with van der Waals surface area (Å²) in [5.74, 6) is 0. The number of thiazole rings is 1. The molecule has 0 aromatic carbocycles. The molecular weight excluding hydrogens is 232 g/mol. The quantitative estimate of drug-likeness (QED) is 0.621. The molecule has 0 bridgehead atoms. The molecule has 1 N–H and O–H groups in total. The summed E-state index contributed by atoms with van der Waals surface area (Å²) in [6.45, 7) is 4.10. The molecule has 0 spiro atoms. The molecule has 0 fully saturated rings. The van der Waals surface area contributed by atoms with Gasteiger partial charge < -0.3 is 10.1 Å². The fourth-order valence-corrected chi connectivity index (χ4v) is 2.42. The van der Waals surface area contributed by atoms with Gasteiger partial charge in [-0.15, -0.1) is 0 Å². The summed E-state index contributed by atoms with van der Waals surface area (Å²) in [7, 11) is 1.87. The molecule has 1 aromatic rings. The zero-order valence-electron chi connectivity index (χ0n) is 10.5. The number of aryl methyl sites for hydroxylation is 1. The van der Waals surface area contributed by atoms with E-state index in [-0.39, 0.29) is 0 Å². The highest BCUT2D eigenvalue weighted by molar-refractivity contribution is 7.16. The van der Waals surface area contributed by atoms with Crippen LogP contribution in [0.1, 0.15) is 30.3 Å². The van der Waals surface area contributed by atoms with Crippen molar-refractivity contribution in [1.29, 1.82) is 0 Å². The lowest BCUT2D eigenvalue weighted by Gasteiger charge is -1.99. The Balaban J connectivity index is 3.01. The molecule has 0 aliphatic heterocycles. The van der Waals surface area contributed by atoms with E-state index >= 15 is 0 Å². The van der Waals surface area contributed by atoms with Crippen molar-refractivity contribution in [2.75, 3.05) is 12.4 Å². The van der Waals surface area contributed by atoms with Crippen LogP contribution in [-0.4, -0.2) is 18.3 Å². The van der Waals surface area contributed by atoms with Gasteiger partial charge in [-0.05, 0) is 18.9 Å². The number of anilines is 1. The van der Waals surface area contributed by atoms with Crippen molar-refractivity contribution in [3.63, 3.8) is 0 Å². The molecule has 1 heterocycles. The summed E-state index contributed by atoms with van der Waals surface area (Å²) >= 11 is 1.64. The summed E-state index contributed by atoms with van der Waals surface area (Å²) in [4.78, 5) is 15.9. The molecule has 0 radical (unpaired) electrons. The first-order chi connectivity index (χ1) is 8.22. The normalized spacial score (nSPS) is 12.1. The average molecular weight is 250 g/mol. The van der Waals surface area contributed by atoms with E-state index in [9.17, 15) is 4.79 Å². The van der Waals surface area contributed by atoms with Crippen LogP contribution in [0.4, 0.5) is 5.13 Å². The van der Waals surface area contributed by atoms with Crippen LogP contribution in [0.25, 0.3) is 5.57 Å². The van der Waals surface area contributed by atoms with Gasteiger partial charge >= 0.3 is 0 Å². The van der Waals surface area contributed by atoms with Crippen molar-refractivity contribution in [3.8, 4) is 0 Å². The number of nitrogens with zero attached hydrogens (tertiary/aromatic N) is 1. The van der Waals surface area contributed by atoms with Gasteiger partial charge in [-0.25, -0.2) is 4.98 Å². The molecule has 92 valence electrons. The molecule has 3 nitrogen and oxygen atoms in total. The van der Waals surface area contributed by atoms with E-state index in [0.29, 0.717) is 6.42 Å². The number of aldehydes is 1. The second kappa shape index (κ2) is 7.01. The van der Waals surface area contributed by atoms with Gasteiger partial charge in [0, 0.05) is 13.5 Å². The first-order valence-corrected chi connectivity index (χ1v) is 6.50. The van der Waals surface area contributed by atoms with Crippen LogP contribution in [-0.2, 0) is 4.79 Å². The predicted octanol–water partition coefficient (Wildman–Crippen LogP) is 3.43. The molecule has 0 saturated carbocycles. The Hall–Kier alpha value is -1.42. The van der Waals surface area contributed by atoms with Crippen LogP contribution in [0.3, 0.4) is 0 Å². The molecule has 1 aromatic heterocycles. The van der Waals surface area contributed by atoms with E-state index in [0.717, 1.165) is 29.1 Å². The lowest BCUT2D eigenvalue weighted by atomic mass is 10.1. The van der Waals surface area contributed by atoms with E-state index < -0.39 is 0 Å². The summed E-state index contributed by atoms with van der Waals surface area (Å²) in [6.07, 6.45) is 8.36. The molecule has 17 heavy (non-hydrogen) atoms. The predicted molar refractivity (Wildman–Crippen MR) is 74.5 cm³/mol. The van der Waals surface area contributed by atoms with Gasteiger partial charge in [-0.1, -0.05) is 36.5 Å². The minimum atomic E-state index is 0.456. The van der Waals surface area contributed by atoms with Crippen molar-refractivity contribution in [3.05, 3.63) is 28.8 Å². The standard InChI is InChI=1S/C13H18N2OS/c1-4-7-11(8-5-6-9-16)12-10(2)15-13(14-3)17-12/h5,7-9H,4,6H2,1-3H3,(H,14,15)/b8-5-,11-7+. The molecular formula is C13H18N2OS. The monoisotopic (exact) mass is 250 g/mol. The average Bonchev–Trinajstić information content (AvgIpc) is 2.70. The highest BCUT2D eigenvalue weighted by Crippen LogP contribution is 2.30. The third-order valence-corrected chi connectivity index (χ3v) is 3.45. The fourth-order valence-electron chi connectivity index (χ4n) is 1.48. The number of carbonyl (C=O) groups is 1. The van der Waals surface area contributed by atoms with Gasteiger partial charge in [0.1, 0.15) is 6.29 Å². The zero-order chi connectivity index (χ0) is 12.7. The van der Waals surface area contributed by atoms with Crippen molar-refractivity contribution in [1.82, 2.24) is 4.98 Å². The lowest BCUT2D eigenvalue weighted by Crippen LogP contribution is -1.85. The largest absolute Gasteiger partial charge is 0.365 e. The minimum absolute atomic E-state index is 0.456. The van der Waals surface area contributed by atoms with Crippen LogP contribution in [0.2, 0.25) is 0 Å². The Morgan fingerprint density at radius 1 is 1.53 bits per heavy atom. The van der Waals surface area contributed by atoms with Crippen molar-refractivity contribution < 1.29 is 4.79 Å². The second-order valence-corrected chi connectivity index (χ2v) is 4.56. The third-order valence-electron chi connectivity index (χ3n) is 2.23. The molecule has 1 rings (SSSR count). The molecule has 0 amide bonds. The Kier molecular flexibility index (Phi) is 5.63. The van der Waals surface area contributed by atoms with Crippen LogP contribution in [0, 0.1) is 6.92 Å². The van der Waals surface area contributed by atoms with E-state index in [2.05, 4.69) is 23.3 Å². The summed E-state index contributed by atoms with van der Waals surface area (Å²) in [5, 5.41) is 3.97. The van der Waals surface area contributed by atoms with Gasteiger partial charge in [0.05, 0.1) is 10.6 Å². The number of rotatable bonds is 6. The van der Waals surface area contributed by atoms with E-state index in [1.807, 2.05) is 26.1 Å². The van der Waals surface area contributed by atoms with E-state index in [1.54, 1.807) is 11.3 Å². The number of hydrogen-bond donors (Lipinski definition) is 1. The smallest absolute Gasteiger partial charge is 0.183 e. The molecule has 0 unspecified atom stereocenters. The maximum atomic E-state index is 10.3. The maximum Gasteiger partial charge on any atom is 0.183 e. The molecule has 4 heteroatoms. The fraction of sp³-hybridized carbons (Fsp3) is 0.385. The van der Waals surface area contributed by atoms with Crippen LogP contribution >= 0.6 is 11.3 Å². The summed E-state index contributed by atoms with van der Waals surface area (Å²) < 4.78 is 0. The van der Waals surface area contributed by atoms with Crippen molar-refractivity contribution in [2.45, 2.75) is 26.7 Å². The van der Waals surface area contributed by atoms with Crippen LogP contribution < -0.4 is 5.32 Å².